The van der Waals surface area contributed by atoms with Crippen LogP contribution >= 0.6 is 0 Å². The van der Waals surface area contributed by atoms with Crippen LogP contribution in [0.2, 0.25) is 0 Å². The maximum atomic E-state index is 11.1. The zero-order chi connectivity index (χ0) is 10.4. The second-order valence-corrected chi connectivity index (χ2v) is 2.92. The van der Waals surface area contributed by atoms with Crippen LogP contribution in [0, 0.1) is 0 Å². The van der Waals surface area contributed by atoms with Gasteiger partial charge in [-0.05, 0) is 13.8 Å². The lowest BCUT2D eigenvalue weighted by Crippen LogP contribution is -2.44. The van der Waals surface area contributed by atoms with E-state index >= 15 is 0 Å². The Morgan fingerprint density at radius 1 is 1.46 bits per heavy atom. The number of aliphatic hydroxyl groups is 1. The minimum atomic E-state index is -0.958. The van der Waals surface area contributed by atoms with Gasteiger partial charge in [-0.25, -0.2) is 4.79 Å². The summed E-state index contributed by atoms with van der Waals surface area (Å²) in [7, 11) is 0. The molecule has 1 atom stereocenters. The monoisotopic (exact) mass is 189 g/mol. The number of rotatable bonds is 4. The molecule has 0 heterocycles. The third-order valence-electron chi connectivity index (χ3n) is 1.20. The normalized spacial score (nSPS) is 12.4. The van der Waals surface area contributed by atoms with Gasteiger partial charge in [-0.1, -0.05) is 0 Å². The molecule has 0 saturated heterocycles. The standard InChI is InChI=1S/C8H15NO4/c1-5(2)13-8(12)7(4-10)9-6(3)11/h5,7,10H,4H2,1-3H3,(H,9,11). The SMILES string of the molecule is CC(=O)NC(CO)C(=O)OC(C)C. The van der Waals surface area contributed by atoms with Crippen molar-refractivity contribution in [3.8, 4) is 0 Å². The Labute approximate surface area is 77.1 Å². The van der Waals surface area contributed by atoms with Crippen LogP contribution in [-0.4, -0.2) is 35.7 Å². The van der Waals surface area contributed by atoms with Crippen molar-refractivity contribution in [3.05, 3.63) is 0 Å². The average Bonchev–Trinajstić information content (AvgIpc) is 1.98. The minimum absolute atomic E-state index is 0.254. The molecule has 0 aliphatic heterocycles. The van der Waals surface area contributed by atoms with Crippen molar-refractivity contribution < 1.29 is 19.4 Å². The van der Waals surface area contributed by atoms with Crippen LogP contribution in [0.25, 0.3) is 0 Å². The third-order valence-corrected chi connectivity index (χ3v) is 1.20. The maximum Gasteiger partial charge on any atom is 0.331 e. The van der Waals surface area contributed by atoms with Crippen LogP contribution in [0.1, 0.15) is 20.8 Å². The lowest BCUT2D eigenvalue weighted by molar-refractivity contribution is -0.152. The predicted octanol–water partition coefficient (Wildman–Crippen LogP) is -0.565. The van der Waals surface area contributed by atoms with E-state index in [0.29, 0.717) is 0 Å². The van der Waals surface area contributed by atoms with Crippen molar-refractivity contribution in [2.75, 3.05) is 6.61 Å². The zero-order valence-corrected chi connectivity index (χ0v) is 8.03. The second-order valence-electron chi connectivity index (χ2n) is 2.92. The van der Waals surface area contributed by atoms with E-state index in [1.807, 2.05) is 0 Å². The average molecular weight is 189 g/mol. The molecule has 1 unspecified atom stereocenters. The molecule has 0 aliphatic rings. The highest BCUT2D eigenvalue weighted by molar-refractivity contribution is 5.83. The van der Waals surface area contributed by atoms with E-state index in [2.05, 4.69) is 5.32 Å². The van der Waals surface area contributed by atoms with Crippen molar-refractivity contribution in [1.82, 2.24) is 5.32 Å². The van der Waals surface area contributed by atoms with Crippen LogP contribution in [0.4, 0.5) is 0 Å². The van der Waals surface area contributed by atoms with E-state index in [9.17, 15) is 9.59 Å². The number of aliphatic hydroxyl groups excluding tert-OH is 1. The first-order chi connectivity index (χ1) is 5.97. The topological polar surface area (TPSA) is 75.6 Å². The molecule has 0 radical (unpaired) electrons. The summed E-state index contributed by atoms with van der Waals surface area (Å²) in [6, 6.07) is -0.958. The van der Waals surface area contributed by atoms with Crippen LogP contribution < -0.4 is 5.32 Å². The fourth-order valence-corrected chi connectivity index (χ4v) is 0.739. The molecular weight excluding hydrogens is 174 g/mol. The van der Waals surface area contributed by atoms with Gasteiger partial charge in [0, 0.05) is 6.92 Å². The number of carbonyl (C=O) groups is 2. The Morgan fingerprint density at radius 2 is 2.00 bits per heavy atom. The molecule has 0 saturated carbocycles. The van der Waals surface area contributed by atoms with Gasteiger partial charge in [0.1, 0.15) is 0 Å². The predicted molar refractivity (Wildman–Crippen MR) is 45.9 cm³/mol. The fourth-order valence-electron chi connectivity index (χ4n) is 0.739. The lowest BCUT2D eigenvalue weighted by Gasteiger charge is -2.15. The Morgan fingerprint density at radius 3 is 2.31 bits per heavy atom. The highest BCUT2D eigenvalue weighted by atomic mass is 16.5. The number of ether oxygens (including phenoxy) is 1. The smallest absolute Gasteiger partial charge is 0.331 e. The molecule has 5 nitrogen and oxygen atoms in total. The summed E-state index contributed by atoms with van der Waals surface area (Å²) in [5, 5.41) is 11.0. The first kappa shape index (κ1) is 11.9. The molecule has 0 aromatic heterocycles. The maximum absolute atomic E-state index is 11.1. The quantitative estimate of drug-likeness (QED) is 0.581. The van der Waals surface area contributed by atoms with Crippen LogP contribution in [0.3, 0.4) is 0 Å². The van der Waals surface area contributed by atoms with Crippen molar-refractivity contribution in [2.45, 2.75) is 32.9 Å². The van der Waals surface area contributed by atoms with Crippen molar-refractivity contribution in [3.63, 3.8) is 0 Å². The summed E-state index contributed by atoms with van der Waals surface area (Å²) in [5.41, 5.74) is 0. The van der Waals surface area contributed by atoms with Gasteiger partial charge in [0.2, 0.25) is 5.91 Å². The molecule has 5 heteroatoms. The summed E-state index contributed by atoms with van der Waals surface area (Å²) in [6.07, 6.45) is -0.254. The summed E-state index contributed by atoms with van der Waals surface area (Å²) >= 11 is 0. The molecule has 0 spiro atoms. The molecule has 76 valence electrons. The van der Waals surface area contributed by atoms with Gasteiger partial charge in [-0.15, -0.1) is 0 Å². The molecule has 0 fully saturated rings. The number of hydrogen-bond donors (Lipinski definition) is 2. The molecule has 0 aromatic rings. The number of esters is 1. The van der Waals surface area contributed by atoms with Gasteiger partial charge in [0.25, 0.3) is 0 Å². The Balaban J connectivity index is 4.07. The fraction of sp³-hybridized carbons (Fsp3) is 0.750. The molecular formula is C8H15NO4. The van der Waals surface area contributed by atoms with E-state index in [1.54, 1.807) is 13.8 Å². The first-order valence-corrected chi connectivity index (χ1v) is 4.05. The molecule has 2 N–H and O–H groups in total. The van der Waals surface area contributed by atoms with Crippen LogP contribution in [-0.2, 0) is 14.3 Å². The Bertz CT molecular complexity index is 191. The molecule has 0 bridgehead atoms. The van der Waals surface area contributed by atoms with Gasteiger partial charge in [0.15, 0.2) is 6.04 Å². The molecule has 0 rings (SSSR count). The van der Waals surface area contributed by atoms with E-state index in [-0.39, 0.29) is 12.0 Å². The summed E-state index contributed by atoms with van der Waals surface area (Å²) < 4.78 is 4.79. The molecule has 0 aliphatic carbocycles. The number of nitrogens with one attached hydrogen (secondary N) is 1. The first-order valence-electron chi connectivity index (χ1n) is 4.05. The Kier molecular flexibility index (Phi) is 5.06. The van der Waals surface area contributed by atoms with Gasteiger partial charge >= 0.3 is 5.97 Å². The van der Waals surface area contributed by atoms with Gasteiger partial charge in [0.05, 0.1) is 12.7 Å². The van der Waals surface area contributed by atoms with Crippen molar-refractivity contribution in [2.24, 2.45) is 0 Å². The molecule has 1 amide bonds. The largest absolute Gasteiger partial charge is 0.461 e. The van der Waals surface area contributed by atoms with Gasteiger partial charge in [-0.3, -0.25) is 4.79 Å². The second kappa shape index (κ2) is 5.53. The van der Waals surface area contributed by atoms with Crippen molar-refractivity contribution in [1.29, 1.82) is 0 Å². The highest BCUT2D eigenvalue weighted by Crippen LogP contribution is 1.94. The molecule has 13 heavy (non-hydrogen) atoms. The van der Waals surface area contributed by atoms with E-state index < -0.39 is 18.6 Å². The van der Waals surface area contributed by atoms with Crippen LogP contribution in [0.5, 0.6) is 0 Å². The van der Waals surface area contributed by atoms with E-state index in [1.165, 1.54) is 6.92 Å². The van der Waals surface area contributed by atoms with Gasteiger partial charge in [-0.2, -0.15) is 0 Å². The zero-order valence-electron chi connectivity index (χ0n) is 8.03. The van der Waals surface area contributed by atoms with E-state index in [4.69, 9.17) is 9.84 Å². The summed E-state index contributed by atoms with van der Waals surface area (Å²) in [6.45, 7) is 4.21. The highest BCUT2D eigenvalue weighted by Gasteiger charge is 2.20. The van der Waals surface area contributed by atoms with E-state index in [0.717, 1.165) is 0 Å². The Hall–Kier alpha value is -1.10. The van der Waals surface area contributed by atoms with Crippen molar-refractivity contribution >= 4 is 11.9 Å². The summed E-state index contributed by atoms with van der Waals surface area (Å²) in [5.74, 6) is -0.993. The summed E-state index contributed by atoms with van der Waals surface area (Å²) in [4.78, 5) is 21.7. The number of hydrogen-bond acceptors (Lipinski definition) is 4. The minimum Gasteiger partial charge on any atom is -0.461 e. The van der Waals surface area contributed by atoms with Crippen LogP contribution in [0.15, 0.2) is 0 Å². The molecule has 0 aromatic carbocycles. The number of carbonyl (C=O) groups excluding carboxylic acids is 2. The lowest BCUT2D eigenvalue weighted by atomic mass is 10.3. The van der Waals surface area contributed by atoms with Gasteiger partial charge < -0.3 is 15.2 Å². The third kappa shape index (κ3) is 5.19. The number of amides is 1.